The summed E-state index contributed by atoms with van der Waals surface area (Å²) in [6.45, 7) is -0.443. The molecule has 1 aromatic heterocycles. The van der Waals surface area contributed by atoms with Gasteiger partial charge in [0.1, 0.15) is 0 Å². The van der Waals surface area contributed by atoms with Crippen LogP contribution in [0.25, 0.3) is 10.2 Å². The zero-order chi connectivity index (χ0) is 17.0. The van der Waals surface area contributed by atoms with E-state index in [2.05, 4.69) is 16.4 Å². The number of aliphatic hydroxyl groups excluding tert-OH is 2. The number of fused-ring (bicyclic) bond motifs is 1. The van der Waals surface area contributed by atoms with E-state index in [0.717, 1.165) is 26.6 Å². The molecule has 24 heavy (non-hydrogen) atoms. The molecule has 0 saturated heterocycles. The zero-order valence-electron chi connectivity index (χ0n) is 13.3. The summed E-state index contributed by atoms with van der Waals surface area (Å²) in [6.07, 6.45) is 1.24. The summed E-state index contributed by atoms with van der Waals surface area (Å²) >= 11 is 1.62. The number of nitrogens with two attached hydrogens (primary N) is 1. The highest BCUT2D eigenvalue weighted by Gasteiger charge is 2.22. The van der Waals surface area contributed by atoms with Crippen molar-refractivity contribution in [2.75, 3.05) is 18.5 Å². The van der Waals surface area contributed by atoms with E-state index in [1.54, 1.807) is 11.3 Å². The summed E-state index contributed by atoms with van der Waals surface area (Å²) < 4.78 is 1.16. The first-order valence-electron chi connectivity index (χ1n) is 7.84. The molecule has 5 nitrogen and oxygen atoms in total. The van der Waals surface area contributed by atoms with Crippen molar-refractivity contribution in [2.45, 2.75) is 18.4 Å². The van der Waals surface area contributed by atoms with Crippen molar-refractivity contribution >= 4 is 32.4 Å². The summed E-state index contributed by atoms with van der Waals surface area (Å²) in [5, 5.41) is 22.6. The van der Waals surface area contributed by atoms with Crippen LogP contribution < -0.4 is 11.1 Å². The normalized spacial score (nSPS) is 11.8. The molecular weight excluding hydrogens is 322 g/mol. The number of nitrogens with one attached hydrogen (secondary N) is 1. The summed E-state index contributed by atoms with van der Waals surface area (Å²) in [4.78, 5) is 4.56. The molecular formula is C18H21N3O2S. The van der Waals surface area contributed by atoms with E-state index in [1.807, 2.05) is 42.5 Å². The fourth-order valence-electron chi connectivity index (χ4n) is 2.41. The molecule has 0 aliphatic carbocycles. The number of aliphatic hydroxyl groups is 2. The highest BCUT2D eigenvalue weighted by Crippen LogP contribution is 2.28. The van der Waals surface area contributed by atoms with Crippen molar-refractivity contribution in [3.8, 4) is 0 Å². The minimum Gasteiger partial charge on any atom is -0.394 e. The van der Waals surface area contributed by atoms with Crippen LogP contribution in [0.3, 0.4) is 0 Å². The summed E-state index contributed by atoms with van der Waals surface area (Å²) in [5.74, 6) is 0. The Bertz CT molecular complexity index is 764. The first-order valence-corrected chi connectivity index (χ1v) is 8.66. The predicted molar refractivity (Wildman–Crippen MR) is 98.8 cm³/mol. The Hall–Kier alpha value is -1.99. The maximum absolute atomic E-state index is 9.23. The van der Waals surface area contributed by atoms with E-state index in [9.17, 15) is 10.2 Å². The number of para-hydroxylation sites is 1. The fraction of sp³-hybridized carbons (Fsp3) is 0.278. The molecule has 3 rings (SSSR count). The van der Waals surface area contributed by atoms with Gasteiger partial charge in [0.25, 0.3) is 0 Å². The van der Waals surface area contributed by atoms with Crippen LogP contribution in [0.15, 0.2) is 48.5 Å². The van der Waals surface area contributed by atoms with Gasteiger partial charge in [-0.2, -0.15) is 0 Å². The van der Waals surface area contributed by atoms with E-state index >= 15 is 0 Å². The van der Waals surface area contributed by atoms with Crippen LogP contribution in [0, 0.1) is 0 Å². The minimum atomic E-state index is -0.919. The SMILES string of the molecule is NC(CO)(CO)CCc1ccc(Nc2nc3ccccc3s2)cc1. The molecule has 0 unspecified atom stereocenters. The maximum Gasteiger partial charge on any atom is 0.188 e. The van der Waals surface area contributed by atoms with Crippen LogP contribution >= 0.6 is 11.3 Å². The second-order valence-electron chi connectivity index (χ2n) is 5.99. The van der Waals surface area contributed by atoms with Gasteiger partial charge in [-0.25, -0.2) is 4.98 Å². The third kappa shape index (κ3) is 3.91. The molecule has 0 fully saturated rings. The third-order valence-corrected chi connectivity index (χ3v) is 4.99. The Morgan fingerprint density at radius 3 is 2.42 bits per heavy atom. The smallest absolute Gasteiger partial charge is 0.188 e. The molecule has 0 radical (unpaired) electrons. The zero-order valence-corrected chi connectivity index (χ0v) is 14.1. The van der Waals surface area contributed by atoms with Crippen LogP contribution in [0.1, 0.15) is 12.0 Å². The molecule has 126 valence electrons. The van der Waals surface area contributed by atoms with Gasteiger partial charge in [0.05, 0.1) is 29.0 Å². The number of aromatic nitrogens is 1. The average Bonchev–Trinajstić information content (AvgIpc) is 3.03. The number of rotatable bonds is 7. The first kappa shape index (κ1) is 16.9. The van der Waals surface area contributed by atoms with Crippen molar-refractivity contribution in [1.82, 2.24) is 4.98 Å². The van der Waals surface area contributed by atoms with Crippen LogP contribution in [0.4, 0.5) is 10.8 Å². The number of aryl methyl sites for hydroxylation is 1. The molecule has 0 bridgehead atoms. The van der Waals surface area contributed by atoms with Crippen molar-refractivity contribution in [2.24, 2.45) is 5.73 Å². The number of hydrogen-bond acceptors (Lipinski definition) is 6. The number of nitrogens with zero attached hydrogens (tertiary/aromatic N) is 1. The highest BCUT2D eigenvalue weighted by molar-refractivity contribution is 7.22. The van der Waals surface area contributed by atoms with E-state index in [4.69, 9.17) is 5.73 Å². The summed E-state index contributed by atoms with van der Waals surface area (Å²) in [6, 6.07) is 16.1. The molecule has 0 amide bonds. The van der Waals surface area contributed by atoms with Crippen LogP contribution in [-0.2, 0) is 6.42 Å². The van der Waals surface area contributed by atoms with Gasteiger partial charge in [-0.3, -0.25) is 0 Å². The Morgan fingerprint density at radius 1 is 1.04 bits per heavy atom. The van der Waals surface area contributed by atoms with Crippen molar-refractivity contribution in [3.05, 3.63) is 54.1 Å². The number of thiazole rings is 1. The Morgan fingerprint density at radius 2 is 1.75 bits per heavy atom. The van der Waals surface area contributed by atoms with Gasteiger partial charge in [0.15, 0.2) is 5.13 Å². The number of benzene rings is 2. The molecule has 1 heterocycles. The Labute approximate surface area is 144 Å². The second-order valence-corrected chi connectivity index (χ2v) is 7.02. The van der Waals surface area contributed by atoms with Crippen LogP contribution in [-0.4, -0.2) is 33.9 Å². The van der Waals surface area contributed by atoms with E-state index in [1.165, 1.54) is 0 Å². The molecule has 2 aromatic carbocycles. The molecule has 0 aliphatic rings. The lowest BCUT2D eigenvalue weighted by atomic mass is 9.94. The van der Waals surface area contributed by atoms with Gasteiger partial charge in [0, 0.05) is 5.69 Å². The lowest BCUT2D eigenvalue weighted by molar-refractivity contribution is 0.115. The Balaban J connectivity index is 1.64. The molecule has 0 aliphatic heterocycles. The van der Waals surface area contributed by atoms with Crippen LogP contribution in [0.2, 0.25) is 0 Å². The summed E-state index contributed by atoms with van der Waals surface area (Å²) in [5.41, 5.74) is 8.06. The lowest BCUT2D eigenvalue weighted by Crippen LogP contribution is -2.47. The van der Waals surface area contributed by atoms with E-state index in [0.29, 0.717) is 12.8 Å². The van der Waals surface area contributed by atoms with Gasteiger partial charge in [-0.15, -0.1) is 0 Å². The third-order valence-electron chi connectivity index (χ3n) is 4.04. The van der Waals surface area contributed by atoms with Crippen LogP contribution in [0.5, 0.6) is 0 Å². The minimum absolute atomic E-state index is 0.221. The fourth-order valence-corrected chi connectivity index (χ4v) is 3.29. The number of hydrogen-bond donors (Lipinski definition) is 4. The average molecular weight is 343 g/mol. The lowest BCUT2D eigenvalue weighted by Gasteiger charge is -2.24. The first-order chi connectivity index (χ1) is 11.6. The Kier molecular flexibility index (Phi) is 5.11. The second kappa shape index (κ2) is 7.27. The van der Waals surface area contributed by atoms with E-state index in [-0.39, 0.29) is 13.2 Å². The molecule has 0 spiro atoms. The van der Waals surface area contributed by atoms with Crippen molar-refractivity contribution in [3.63, 3.8) is 0 Å². The quantitative estimate of drug-likeness (QED) is 0.529. The van der Waals surface area contributed by atoms with Gasteiger partial charge >= 0.3 is 0 Å². The van der Waals surface area contributed by atoms with E-state index < -0.39 is 5.54 Å². The molecule has 6 heteroatoms. The summed E-state index contributed by atoms with van der Waals surface area (Å²) in [7, 11) is 0. The monoisotopic (exact) mass is 343 g/mol. The molecule has 0 atom stereocenters. The van der Waals surface area contributed by atoms with Gasteiger partial charge in [-0.05, 0) is 42.7 Å². The van der Waals surface area contributed by atoms with Crippen molar-refractivity contribution < 1.29 is 10.2 Å². The topological polar surface area (TPSA) is 91.4 Å². The van der Waals surface area contributed by atoms with Gasteiger partial charge < -0.3 is 21.3 Å². The van der Waals surface area contributed by atoms with Gasteiger partial charge in [-0.1, -0.05) is 35.6 Å². The largest absolute Gasteiger partial charge is 0.394 e. The molecule has 5 N–H and O–H groups in total. The maximum atomic E-state index is 9.23. The predicted octanol–water partition coefficient (Wildman–Crippen LogP) is 2.65. The van der Waals surface area contributed by atoms with Gasteiger partial charge in [0.2, 0.25) is 0 Å². The molecule has 0 saturated carbocycles. The standard InChI is InChI=1S/C18H21N3O2S/c19-18(11-22,12-23)10-9-13-5-7-14(8-6-13)20-17-21-15-3-1-2-4-16(15)24-17/h1-8,22-23H,9-12,19H2,(H,20,21). The van der Waals surface area contributed by atoms with Crippen molar-refractivity contribution in [1.29, 1.82) is 0 Å². The highest BCUT2D eigenvalue weighted by atomic mass is 32.1. The molecule has 3 aromatic rings. The number of anilines is 2.